The van der Waals surface area contributed by atoms with Gasteiger partial charge in [-0.3, -0.25) is 9.69 Å². The lowest BCUT2D eigenvalue weighted by Crippen LogP contribution is -2.35. The summed E-state index contributed by atoms with van der Waals surface area (Å²) in [5, 5.41) is 4.29. The van der Waals surface area contributed by atoms with Gasteiger partial charge in [-0.05, 0) is 24.6 Å². The van der Waals surface area contributed by atoms with E-state index in [9.17, 15) is 4.79 Å². The Balaban J connectivity index is 1.43. The van der Waals surface area contributed by atoms with Crippen LogP contribution in [0.5, 0.6) is 0 Å². The summed E-state index contributed by atoms with van der Waals surface area (Å²) >= 11 is 0. The molecule has 1 fully saturated rings. The molecule has 7 nitrogen and oxygen atoms in total. The largest absolute Gasteiger partial charge is 0.472 e. The lowest BCUT2D eigenvalue weighted by Gasteiger charge is -2.21. The molecule has 1 aliphatic rings. The Morgan fingerprint density at radius 1 is 1.17 bits per heavy atom. The van der Waals surface area contributed by atoms with Crippen molar-refractivity contribution in [3.63, 3.8) is 0 Å². The van der Waals surface area contributed by atoms with E-state index in [-0.39, 0.29) is 5.91 Å². The van der Waals surface area contributed by atoms with E-state index in [0.29, 0.717) is 5.56 Å². The number of carbonyl (C=O) groups excluding carboxylic acids is 1. The van der Waals surface area contributed by atoms with Crippen molar-refractivity contribution in [1.29, 1.82) is 0 Å². The van der Waals surface area contributed by atoms with Gasteiger partial charge in [0.1, 0.15) is 12.6 Å². The maximum atomic E-state index is 12.4. The summed E-state index contributed by atoms with van der Waals surface area (Å²) in [4.78, 5) is 20.9. The highest BCUT2D eigenvalue weighted by Crippen LogP contribution is 2.13. The molecule has 4 heterocycles. The topological polar surface area (TPSA) is 66.9 Å². The second kappa shape index (κ2) is 6.45. The number of hydrogen-bond acceptors (Lipinski definition) is 5. The van der Waals surface area contributed by atoms with Crippen LogP contribution >= 0.6 is 0 Å². The lowest BCUT2D eigenvalue weighted by atomic mass is 10.3. The molecule has 0 saturated carbocycles. The van der Waals surface area contributed by atoms with Gasteiger partial charge in [0, 0.05) is 32.7 Å². The average molecular weight is 325 g/mol. The predicted octanol–water partition coefficient (Wildman–Crippen LogP) is 1.67. The molecule has 1 saturated heterocycles. The van der Waals surface area contributed by atoms with Crippen molar-refractivity contribution >= 4 is 11.6 Å². The molecule has 0 bridgehead atoms. The van der Waals surface area contributed by atoms with Crippen LogP contribution in [0.2, 0.25) is 0 Å². The van der Waals surface area contributed by atoms with Crippen LogP contribution in [0.15, 0.2) is 47.5 Å². The minimum Gasteiger partial charge on any atom is -0.472 e. The van der Waals surface area contributed by atoms with Crippen molar-refractivity contribution in [2.24, 2.45) is 0 Å². The fourth-order valence-corrected chi connectivity index (χ4v) is 3.15. The molecule has 0 aliphatic carbocycles. The number of fused-ring (bicyclic) bond motifs is 1. The monoisotopic (exact) mass is 325 g/mol. The molecule has 0 radical (unpaired) electrons. The van der Waals surface area contributed by atoms with Crippen molar-refractivity contribution in [3.8, 4) is 0 Å². The molecule has 1 aliphatic heterocycles. The van der Waals surface area contributed by atoms with Crippen molar-refractivity contribution in [2.75, 3.05) is 26.2 Å². The third-order valence-corrected chi connectivity index (χ3v) is 4.41. The highest BCUT2D eigenvalue weighted by molar-refractivity contribution is 5.93. The van der Waals surface area contributed by atoms with Crippen LogP contribution in [0.25, 0.3) is 5.65 Å². The van der Waals surface area contributed by atoms with E-state index in [1.807, 2.05) is 21.5 Å². The van der Waals surface area contributed by atoms with E-state index >= 15 is 0 Å². The van der Waals surface area contributed by atoms with Crippen LogP contribution in [-0.2, 0) is 6.54 Å². The van der Waals surface area contributed by atoms with Gasteiger partial charge in [0.25, 0.3) is 5.91 Å². The van der Waals surface area contributed by atoms with E-state index < -0.39 is 0 Å². The number of pyridine rings is 1. The summed E-state index contributed by atoms with van der Waals surface area (Å²) in [5.74, 6) is 0.0453. The summed E-state index contributed by atoms with van der Waals surface area (Å²) in [6, 6.07) is 7.74. The van der Waals surface area contributed by atoms with Crippen molar-refractivity contribution in [1.82, 2.24) is 24.4 Å². The maximum absolute atomic E-state index is 12.4. The molecule has 0 aromatic carbocycles. The van der Waals surface area contributed by atoms with Gasteiger partial charge in [-0.2, -0.15) is 5.10 Å². The molecular formula is C17H19N5O2. The molecule has 0 spiro atoms. The Kier molecular flexibility index (Phi) is 4.00. The van der Waals surface area contributed by atoms with Gasteiger partial charge in [0.2, 0.25) is 0 Å². The smallest absolute Gasteiger partial charge is 0.257 e. The molecule has 0 atom stereocenters. The number of amides is 1. The van der Waals surface area contributed by atoms with Crippen LogP contribution in [0.4, 0.5) is 0 Å². The fraction of sp³-hybridized carbons (Fsp3) is 0.353. The Bertz CT molecular complexity index is 827. The maximum Gasteiger partial charge on any atom is 0.257 e. The second-order valence-electron chi connectivity index (χ2n) is 5.98. The third-order valence-electron chi connectivity index (χ3n) is 4.41. The molecule has 124 valence electrons. The zero-order chi connectivity index (χ0) is 16.4. The normalized spacial score (nSPS) is 16.4. The van der Waals surface area contributed by atoms with Crippen molar-refractivity contribution < 1.29 is 9.21 Å². The van der Waals surface area contributed by atoms with Gasteiger partial charge < -0.3 is 9.32 Å². The number of aromatic nitrogens is 3. The molecular weight excluding hydrogens is 306 g/mol. The van der Waals surface area contributed by atoms with Gasteiger partial charge in [-0.25, -0.2) is 9.50 Å². The summed E-state index contributed by atoms with van der Waals surface area (Å²) in [5.41, 5.74) is 2.59. The standard InChI is InChI=1S/C17H19N5O2/c23-17(14-5-10-24-12-14)21-7-2-6-20(8-9-21)11-15-3-1-4-16-18-13-19-22(15)16/h1,3-5,10,12-13H,2,6-9,11H2. The number of nitrogens with zero attached hydrogens (tertiary/aromatic N) is 5. The molecule has 0 N–H and O–H groups in total. The second-order valence-corrected chi connectivity index (χ2v) is 5.98. The molecule has 3 aromatic rings. The number of hydrogen-bond donors (Lipinski definition) is 0. The average Bonchev–Trinajstić information content (AvgIpc) is 3.24. The SMILES string of the molecule is O=C(c1ccoc1)N1CCCN(Cc2cccc3ncnn23)CC1. The summed E-state index contributed by atoms with van der Waals surface area (Å²) in [6.07, 6.45) is 5.58. The van der Waals surface area contributed by atoms with E-state index in [4.69, 9.17) is 4.42 Å². The molecule has 0 unspecified atom stereocenters. The fourth-order valence-electron chi connectivity index (χ4n) is 3.15. The van der Waals surface area contributed by atoms with Crippen LogP contribution in [-0.4, -0.2) is 56.5 Å². The zero-order valence-corrected chi connectivity index (χ0v) is 13.3. The van der Waals surface area contributed by atoms with Gasteiger partial charge in [0.15, 0.2) is 5.65 Å². The highest BCUT2D eigenvalue weighted by Gasteiger charge is 2.21. The summed E-state index contributed by atoms with van der Waals surface area (Å²) in [6.45, 7) is 4.09. The quantitative estimate of drug-likeness (QED) is 0.733. The van der Waals surface area contributed by atoms with E-state index in [2.05, 4.69) is 21.0 Å². The Morgan fingerprint density at radius 3 is 3.00 bits per heavy atom. The molecule has 1 amide bonds. The highest BCUT2D eigenvalue weighted by atomic mass is 16.3. The molecule has 7 heteroatoms. The van der Waals surface area contributed by atoms with Gasteiger partial charge >= 0.3 is 0 Å². The van der Waals surface area contributed by atoms with Crippen LogP contribution in [0, 0.1) is 0 Å². The zero-order valence-electron chi connectivity index (χ0n) is 13.3. The minimum absolute atomic E-state index is 0.0453. The van der Waals surface area contributed by atoms with Crippen LogP contribution in [0.1, 0.15) is 22.5 Å². The molecule has 24 heavy (non-hydrogen) atoms. The van der Waals surface area contributed by atoms with Crippen LogP contribution < -0.4 is 0 Å². The Morgan fingerprint density at radius 2 is 2.12 bits per heavy atom. The van der Waals surface area contributed by atoms with Gasteiger partial charge in [0.05, 0.1) is 17.5 Å². The molecule has 3 aromatic heterocycles. The Hall–Kier alpha value is -2.67. The summed E-state index contributed by atoms with van der Waals surface area (Å²) in [7, 11) is 0. The Labute approximate surface area is 139 Å². The first kappa shape index (κ1) is 14.9. The number of rotatable bonds is 3. The predicted molar refractivity (Wildman–Crippen MR) is 87.5 cm³/mol. The van der Waals surface area contributed by atoms with Crippen molar-refractivity contribution in [3.05, 3.63) is 54.4 Å². The lowest BCUT2D eigenvalue weighted by molar-refractivity contribution is 0.0760. The van der Waals surface area contributed by atoms with Crippen LogP contribution in [0.3, 0.4) is 0 Å². The first-order chi connectivity index (χ1) is 11.8. The van der Waals surface area contributed by atoms with E-state index in [1.165, 1.54) is 12.5 Å². The molecule has 4 rings (SSSR count). The minimum atomic E-state index is 0.0453. The van der Waals surface area contributed by atoms with Crippen molar-refractivity contribution in [2.45, 2.75) is 13.0 Å². The van der Waals surface area contributed by atoms with E-state index in [0.717, 1.165) is 50.5 Å². The first-order valence-electron chi connectivity index (χ1n) is 8.13. The van der Waals surface area contributed by atoms with Gasteiger partial charge in [-0.15, -0.1) is 0 Å². The summed E-state index contributed by atoms with van der Waals surface area (Å²) < 4.78 is 6.89. The van der Waals surface area contributed by atoms with E-state index in [1.54, 1.807) is 12.4 Å². The number of furan rings is 1. The number of carbonyl (C=O) groups is 1. The first-order valence-corrected chi connectivity index (χ1v) is 8.13. The third kappa shape index (κ3) is 2.90. The van der Waals surface area contributed by atoms with Gasteiger partial charge in [-0.1, -0.05) is 6.07 Å².